The van der Waals surface area contributed by atoms with Crippen molar-refractivity contribution >= 4 is 13.7 Å². The van der Waals surface area contributed by atoms with Gasteiger partial charge in [-0.15, -0.1) is 0 Å². The Morgan fingerprint density at radius 1 is 0.875 bits per heavy atom. The van der Waals surface area contributed by atoms with Gasteiger partial charge >= 0.3 is 8.56 Å². The van der Waals surface area contributed by atoms with Gasteiger partial charge in [-0.3, -0.25) is 0 Å². The normalized spacial score (nSPS) is 12.4. The van der Waals surface area contributed by atoms with E-state index in [1.807, 2.05) is 18.2 Å². The van der Waals surface area contributed by atoms with Crippen molar-refractivity contribution in [2.75, 3.05) is 0 Å². The zero-order valence-corrected chi connectivity index (χ0v) is 11.9. The fourth-order valence-electron chi connectivity index (χ4n) is 1.80. The molecule has 0 amide bonds. The van der Waals surface area contributed by atoms with Crippen LogP contribution < -0.4 is 5.19 Å². The first-order valence-electron chi connectivity index (χ1n) is 5.85. The average molecular weight is 238 g/mol. The summed E-state index contributed by atoms with van der Waals surface area (Å²) in [6.45, 7) is 10.3. The van der Waals surface area contributed by atoms with Gasteiger partial charge in [0.25, 0.3) is 0 Å². The molecule has 1 aromatic carbocycles. The highest BCUT2D eigenvalue weighted by atomic mass is 28.4. The second kappa shape index (κ2) is 5.62. The van der Waals surface area contributed by atoms with Crippen molar-refractivity contribution in [3.05, 3.63) is 30.3 Å². The first-order chi connectivity index (χ1) is 7.44. The average Bonchev–Trinajstić information content (AvgIpc) is 2.16. The molecular weight excluding hydrogens is 216 g/mol. The van der Waals surface area contributed by atoms with Crippen LogP contribution in [-0.2, 0) is 8.85 Å². The molecule has 2 nitrogen and oxygen atoms in total. The molecule has 0 N–H and O–H groups in total. The zero-order valence-electron chi connectivity index (χ0n) is 10.9. The van der Waals surface area contributed by atoms with Crippen LogP contribution >= 0.6 is 0 Å². The van der Waals surface area contributed by atoms with Gasteiger partial charge in [0.1, 0.15) is 0 Å². The first-order valence-corrected chi connectivity index (χ1v) is 8.17. The summed E-state index contributed by atoms with van der Waals surface area (Å²) in [5.41, 5.74) is 0. The summed E-state index contributed by atoms with van der Waals surface area (Å²) in [5, 5.41) is 1.19. The number of hydrogen-bond donors (Lipinski definition) is 0. The molecule has 1 aromatic rings. The third-order valence-electron chi connectivity index (χ3n) is 2.22. The molecule has 0 unspecified atom stereocenters. The predicted octanol–water partition coefficient (Wildman–Crippen LogP) is 2.82. The number of hydrogen-bond acceptors (Lipinski definition) is 2. The molecule has 0 aliphatic rings. The van der Waals surface area contributed by atoms with Crippen LogP contribution in [0.15, 0.2) is 30.3 Å². The Bertz CT molecular complexity index is 299. The largest absolute Gasteiger partial charge is 0.389 e. The summed E-state index contributed by atoms with van der Waals surface area (Å²) in [5.74, 6) is 0. The topological polar surface area (TPSA) is 18.5 Å². The molecule has 0 aromatic heterocycles. The van der Waals surface area contributed by atoms with E-state index in [-0.39, 0.29) is 12.2 Å². The Balaban J connectivity index is 2.95. The van der Waals surface area contributed by atoms with Crippen LogP contribution in [0.4, 0.5) is 0 Å². The summed E-state index contributed by atoms with van der Waals surface area (Å²) in [4.78, 5) is 0. The minimum absolute atomic E-state index is 0.190. The summed E-state index contributed by atoms with van der Waals surface area (Å²) < 4.78 is 12.1. The molecule has 0 aliphatic heterocycles. The highest BCUT2D eigenvalue weighted by molar-refractivity contribution is 6.80. The van der Waals surface area contributed by atoms with Gasteiger partial charge < -0.3 is 8.85 Å². The minimum Gasteiger partial charge on any atom is -0.389 e. The second-order valence-electron chi connectivity index (χ2n) is 4.64. The highest BCUT2D eigenvalue weighted by Crippen LogP contribution is 2.13. The third kappa shape index (κ3) is 3.74. The fourth-order valence-corrected chi connectivity index (χ4v) is 4.73. The van der Waals surface area contributed by atoms with E-state index in [0.29, 0.717) is 0 Å². The molecule has 0 heterocycles. The molecule has 0 saturated heterocycles. The van der Waals surface area contributed by atoms with Gasteiger partial charge in [0.05, 0.1) is 0 Å². The van der Waals surface area contributed by atoms with Gasteiger partial charge in [0.2, 0.25) is 0 Å². The Hall–Kier alpha value is -0.643. The summed E-state index contributed by atoms with van der Waals surface area (Å²) in [7, 11) is -2.25. The monoisotopic (exact) mass is 238 g/mol. The van der Waals surface area contributed by atoms with Gasteiger partial charge in [-0.25, -0.2) is 0 Å². The maximum absolute atomic E-state index is 6.05. The van der Waals surface area contributed by atoms with Crippen molar-refractivity contribution in [2.45, 2.75) is 46.4 Å². The van der Waals surface area contributed by atoms with Gasteiger partial charge in [-0.05, 0) is 39.4 Å². The van der Waals surface area contributed by atoms with Crippen LogP contribution in [0.3, 0.4) is 0 Å². The van der Waals surface area contributed by atoms with Crippen molar-refractivity contribution in [3.8, 4) is 0 Å². The fraction of sp³-hybridized carbons (Fsp3) is 0.538. The number of benzene rings is 1. The molecule has 0 atom stereocenters. The standard InChI is InChI=1S/C13H22O2Si/c1-11(2)14-16(5,15-12(3)4)13-9-7-6-8-10-13/h6-12H,1-5H3. The zero-order chi connectivity index (χ0) is 12.2. The SMILES string of the molecule is CC(C)O[Si](C)(OC(C)C)c1ccccc1. The molecule has 16 heavy (non-hydrogen) atoms. The Morgan fingerprint density at radius 2 is 1.31 bits per heavy atom. The van der Waals surface area contributed by atoms with Crippen LogP contribution in [0.1, 0.15) is 27.7 Å². The molecule has 3 heteroatoms. The molecule has 0 saturated carbocycles. The lowest BCUT2D eigenvalue weighted by Crippen LogP contribution is -2.53. The molecule has 0 bridgehead atoms. The maximum Gasteiger partial charge on any atom is 0.369 e. The maximum atomic E-state index is 6.05. The summed E-state index contributed by atoms with van der Waals surface area (Å²) in [6.07, 6.45) is 0.381. The lowest BCUT2D eigenvalue weighted by molar-refractivity contribution is 0.120. The Morgan fingerprint density at radius 3 is 1.69 bits per heavy atom. The van der Waals surface area contributed by atoms with E-state index < -0.39 is 8.56 Å². The second-order valence-corrected chi connectivity index (χ2v) is 7.59. The summed E-state index contributed by atoms with van der Waals surface area (Å²) in [6, 6.07) is 10.3. The molecule has 90 valence electrons. The highest BCUT2D eigenvalue weighted by Gasteiger charge is 2.36. The van der Waals surface area contributed by atoms with E-state index in [0.717, 1.165) is 0 Å². The minimum atomic E-state index is -2.25. The molecule has 1 rings (SSSR count). The van der Waals surface area contributed by atoms with Crippen molar-refractivity contribution in [1.82, 2.24) is 0 Å². The van der Waals surface area contributed by atoms with Gasteiger partial charge in [0, 0.05) is 12.2 Å². The number of rotatable bonds is 5. The van der Waals surface area contributed by atoms with Gasteiger partial charge in [-0.2, -0.15) is 0 Å². The smallest absolute Gasteiger partial charge is 0.369 e. The first kappa shape index (κ1) is 13.4. The Labute approximate surface area is 99.8 Å². The van der Waals surface area contributed by atoms with Crippen molar-refractivity contribution in [2.24, 2.45) is 0 Å². The third-order valence-corrected chi connectivity index (χ3v) is 5.44. The molecule has 0 aliphatic carbocycles. The van der Waals surface area contributed by atoms with E-state index in [2.05, 4.69) is 46.4 Å². The van der Waals surface area contributed by atoms with E-state index in [4.69, 9.17) is 8.85 Å². The quantitative estimate of drug-likeness (QED) is 0.734. The van der Waals surface area contributed by atoms with E-state index in [1.54, 1.807) is 0 Å². The molecule has 0 spiro atoms. The van der Waals surface area contributed by atoms with Crippen LogP contribution in [0.5, 0.6) is 0 Å². The summed E-state index contributed by atoms with van der Waals surface area (Å²) >= 11 is 0. The van der Waals surface area contributed by atoms with Crippen LogP contribution in [0.2, 0.25) is 6.55 Å². The van der Waals surface area contributed by atoms with E-state index >= 15 is 0 Å². The van der Waals surface area contributed by atoms with Crippen LogP contribution in [0, 0.1) is 0 Å². The van der Waals surface area contributed by atoms with Gasteiger partial charge in [0.15, 0.2) is 0 Å². The van der Waals surface area contributed by atoms with Crippen molar-refractivity contribution < 1.29 is 8.85 Å². The van der Waals surface area contributed by atoms with E-state index in [9.17, 15) is 0 Å². The lowest BCUT2D eigenvalue weighted by Gasteiger charge is -2.31. The van der Waals surface area contributed by atoms with Crippen molar-refractivity contribution in [1.29, 1.82) is 0 Å². The van der Waals surface area contributed by atoms with Crippen LogP contribution in [0.25, 0.3) is 0 Å². The lowest BCUT2D eigenvalue weighted by atomic mass is 10.4. The molecule has 0 radical (unpaired) electrons. The Kier molecular flexibility index (Phi) is 4.71. The van der Waals surface area contributed by atoms with Gasteiger partial charge in [-0.1, -0.05) is 30.3 Å². The predicted molar refractivity (Wildman–Crippen MR) is 70.1 cm³/mol. The van der Waals surface area contributed by atoms with E-state index in [1.165, 1.54) is 5.19 Å². The molecular formula is C13H22O2Si. The van der Waals surface area contributed by atoms with Crippen LogP contribution in [-0.4, -0.2) is 20.8 Å². The van der Waals surface area contributed by atoms with Crippen molar-refractivity contribution in [3.63, 3.8) is 0 Å². The molecule has 0 fully saturated rings.